The number of aliphatic hydroxyl groups excluding tert-OH is 1. The van der Waals surface area contributed by atoms with Crippen molar-refractivity contribution in [3.05, 3.63) is 29.6 Å². The van der Waals surface area contributed by atoms with Crippen molar-refractivity contribution < 1.29 is 26.7 Å². The summed E-state index contributed by atoms with van der Waals surface area (Å²) in [5, 5.41) is 9.88. The third-order valence-electron chi connectivity index (χ3n) is 3.69. The molecule has 1 aromatic rings. The summed E-state index contributed by atoms with van der Waals surface area (Å²) >= 11 is 0. The molecular weight excluding hydrogens is 307 g/mol. The highest BCUT2D eigenvalue weighted by atomic mass is 32.2. The van der Waals surface area contributed by atoms with Crippen LogP contribution in [0.4, 0.5) is 13.2 Å². The van der Waals surface area contributed by atoms with Gasteiger partial charge >= 0.3 is 0 Å². The highest BCUT2D eigenvalue weighted by molar-refractivity contribution is 7.89. The summed E-state index contributed by atoms with van der Waals surface area (Å²) in [6.45, 7) is -0.242. The Balaban J connectivity index is 2.08. The maximum Gasteiger partial charge on any atom is 0.240 e. The Morgan fingerprint density at radius 2 is 1.71 bits per heavy atom. The minimum absolute atomic E-state index is 0.0226. The SMILES string of the molecule is O=S(=O)(NCC(O)C1CCCC1)c1cc(F)c(F)c(F)c1. The molecule has 2 N–H and O–H groups in total. The zero-order valence-corrected chi connectivity index (χ0v) is 12.0. The second kappa shape index (κ2) is 6.33. The van der Waals surface area contributed by atoms with Gasteiger partial charge in [-0.25, -0.2) is 26.3 Å². The lowest BCUT2D eigenvalue weighted by atomic mass is 10.0. The van der Waals surface area contributed by atoms with Crippen LogP contribution >= 0.6 is 0 Å². The van der Waals surface area contributed by atoms with E-state index in [-0.39, 0.29) is 12.5 Å². The molecule has 0 saturated heterocycles. The van der Waals surface area contributed by atoms with Gasteiger partial charge in [-0.2, -0.15) is 0 Å². The van der Waals surface area contributed by atoms with Gasteiger partial charge < -0.3 is 5.11 Å². The topological polar surface area (TPSA) is 66.4 Å². The van der Waals surface area contributed by atoms with Crippen molar-refractivity contribution in [1.82, 2.24) is 4.72 Å². The van der Waals surface area contributed by atoms with Gasteiger partial charge in [0, 0.05) is 6.54 Å². The first-order valence-electron chi connectivity index (χ1n) is 6.63. The molecule has 1 saturated carbocycles. The minimum Gasteiger partial charge on any atom is -0.391 e. The molecule has 0 radical (unpaired) electrons. The molecule has 8 heteroatoms. The molecule has 1 atom stereocenters. The van der Waals surface area contributed by atoms with Crippen LogP contribution in [0, 0.1) is 23.4 Å². The van der Waals surface area contributed by atoms with E-state index in [1.807, 2.05) is 0 Å². The van der Waals surface area contributed by atoms with Crippen molar-refractivity contribution in [2.24, 2.45) is 5.92 Å². The molecule has 0 aliphatic heterocycles. The fraction of sp³-hybridized carbons (Fsp3) is 0.538. The van der Waals surface area contributed by atoms with E-state index in [4.69, 9.17) is 0 Å². The van der Waals surface area contributed by atoms with Crippen molar-refractivity contribution in [2.75, 3.05) is 6.54 Å². The molecule has 1 unspecified atom stereocenters. The lowest BCUT2D eigenvalue weighted by Crippen LogP contribution is -2.35. The second-order valence-electron chi connectivity index (χ2n) is 5.16. The van der Waals surface area contributed by atoms with Crippen molar-refractivity contribution in [1.29, 1.82) is 0 Å². The normalized spacial score (nSPS) is 18.1. The van der Waals surface area contributed by atoms with Crippen LogP contribution in [0.15, 0.2) is 17.0 Å². The van der Waals surface area contributed by atoms with Gasteiger partial charge in [-0.3, -0.25) is 0 Å². The van der Waals surface area contributed by atoms with E-state index in [9.17, 15) is 26.7 Å². The third-order valence-corrected chi connectivity index (χ3v) is 5.10. The second-order valence-corrected chi connectivity index (χ2v) is 6.93. The van der Waals surface area contributed by atoms with Crippen LogP contribution in [0.1, 0.15) is 25.7 Å². The molecule has 0 aromatic heterocycles. The maximum atomic E-state index is 13.1. The zero-order chi connectivity index (χ0) is 15.6. The summed E-state index contributed by atoms with van der Waals surface area (Å²) in [7, 11) is -4.20. The summed E-state index contributed by atoms with van der Waals surface area (Å²) in [6, 6.07) is 0.811. The number of hydrogen-bond acceptors (Lipinski definition) is 3. The minimum atomic E-state index is -4.20. The molecule has 1 aliphatic carbocycles. The number of sulfonamides is 1. The van der Waals surface area contributed by atoms with Gasteiger partial charge in [0.1, 0.15) is 0 Å². The summed E-state index contributed by atoms with van der Waals surface area (Å²) in [5.74, 6) is -4.85. The molecule has 0 bridgehead atoms. The number of hydrogen-bond donors (Lipinski definition) is 2. The quantitative estimate of drug-likeness (QED) is 0.814. The van der Waals surface area contributed by atoms with Crippen LogP contribution in [0.25, 0.3) is 0 Å². The smallest absolute Gasteiger partial charge is 0.240 e. The Kier molecular flexibility index (Phi) is 4.90. The van der Waals surface area contributed by atoms with Crippen LogP contribution in [-0.4, -0.2) is 26.2 Å². The number of nitrogens with one attached hydrogen (secondary N) is 1. The number of aliphatic hydroxyl groups is 1. The van der Waals surface area contributed by atoms with Gasteiger partial charge in [-0.15, -0.1) is 0 Å². The molecule has 1 aromatic carbocycles. The number of benzene rings is 1. The predicted molar refractivity (Wildman–Crippen MR) is 69.5 cm³/mol. The van der Waals surface area contributed by atoms with Gasteiger partial charge in [-0.05, 0) is 30.9 Å². The van der Waals surface area contributed by atoms with Crippen molar-refractivity contribution >= 4 is 10.0 Å². The van der Waals surface area contributed by atoms with E-state index in [2.05, 4.69) is 4.72 Å². The molecule has 1 aliphatic rings. The van der Waals surface area contributed by atoms with Gasteiger partial charge in [0.2, 0.25) is 10.0 Å². The van der Waals surface area contributed by atoms with Crippen LogP contribution in [0.5, 0.6) is 0 Å². The molecule has 0 heterocycles. The molecule has 1 fully saturated rings. The standard InChI is InChI=1S/C13H16F3NO3S/c14-10-5-9(6-11(15)13(10)16)21(19,20)17-7-12(18)8-3-1-2-4-8/h5-6,8,12,17-18H,1-4,7H2. The van der Waals surface area contributed by atoms with Crippen LogP contribution < -0.4 is 4.72 Å². The highest BCUT2D eigenvalue weighted by Gasteiger charge is 2.26. The first-order valence-corrected chi connectivity index (χ1v) is 8.12. The van der Waals surface area contributed by atoms with Gasteiger partial charge in [0.15, 0.2) is 17.5 Å². The summed E-state index contributed by atoms with van der Waals surface area (Å²) in [4.78, 5) is -0.711. The number of rotatable bonds is 5. The van der Waals surface area contributed by atoms with Crippen molar-refractivity contribution in [3.8, 4) is 0 Å². The van der Waals surface area contributed by atoms with Crippen LogP contribution in [0.2, 0.25) is 0 Å². The first kappa shape index (κ1) is 16.3. The van der Waals surface area contributed by atoms with Crippen LogP contribution in [-0.2, 0) is 10.0 Å². The third kappa shape index (κ3) is 3.75. The number of halogens is 3. The van der Waals surface area contributed by atoms with E-state index in [1.165, 1.54) is 0 Å². The Bertz CT molecular complexity index is 592. The van der Waals surface area contributed by atoms with Gasteiger partial charge in [0.05, 0.1) is 11.0 Å². The van der Waals surface area contributed by atoms with E-state index in [0.29, 0.717) is 12.1 Å². The summed E-state index contributed by atoms with van der Waals surface area (Å²) in [5.41, 5.74) is 0. The Morgan fingerprint density at radius 1 is 1.19 bits per heavy atom. The Hall–Kier alpha value is -1.12. The highest BCUT2D eigenvalue weighted by Crippen LogP contribution is 2.27. The Labute approximate surface area is 121 Å². The molecule has 2 rings (SSSR count). The summed E-state index contributed by atoms with van der Waals surface area (Å²) in [6.07, 6.45) is 2.77. The molecule has 21 heavy (non-hydrogen) atoms. The molecular formula is C13H16F3NO3S. The first-order chi connectivity index (χ1) is 9.81. The van der Waals surface area contributed by atoms with E-state index < -0.39 is 38.5 Å². The monoisotopic (exact) mass is 323 g/mol. The lowest BCUT2D eigenvalue weighted by molar-refractivity contribution is 0.115. The lowest BCUT2D eigenvalue weighted by Gasteiger charge is -2.18. The fourth-order valence-corrected chi connectivity index (χ4v) is 3.55. The zero-order valence-electron chi connectivity index (χ0n) is 11.2. The van der Waals surface area contributed by atoms with E-state index in [0.717, 1.165) is 25.7 Å². The fourth-order valence-electron chi connectivity index (χ4n) is 2.47. The molecule has 0 spiro atoms. The van der Waals surface area contributed by atoms with Gasteiger partial charge in [-0.1, -0.05) is 12.8 Å². The predicted octanol–water partition coefficient (Wildman–Crippen LogP) is 1.93. The average Bonchev–Trinajstić information content (AvgIpc) is 2.95. The van der Waals surface area contributed by atoms with Crippen LogP contribution in [0.3, 0.4) is 0 Å². The molecule has 4 nitrogen and oxygen atoms in total. The van der Waals surface area contributed by atoms with Crippen molar-refractivity contribution in [3.63, 3.8) is 0 Å². The van der Waals surface area contributed by atoms with E-state index >= 15 is 0 Å². The maximum absolute atomic E-state index is 13.1. The molecule has 118 valence electrons. The average molecular weight is 323 g/mol. The Morgan fingerprint density at radius 3 is 2.24 bits per heavy atom. The summed E-state index contributed by atoms with van der Waals surface area (Å²) < 4.78 is 64.8. The van der Waals surface area contributed by atoms with Gasteiger partial charge in [0.25, 0.3) is 0 Å². The van der Waals surface area contributed by atoms with E-state index in [1.54, 1.807) is 0 Å². The molecule has 0 amide bonds. The van der Waals surface area contributed by atoms with Crippen molar-refractivity contribution in [2.45, 2.75) is 36.7 Å². The largest absolute Gasteiger partial charge is 0.391 e.